The van der Waals surface area contributed by atoms with Crippen molar-refractivity contribution in [3.8, 4) is 0 Å². The molecule has 1 fully saturated rings. The van der Waals surface area contributed by atoms with Crippen molar-refractivity contribution >= 4 is 5.84 Å². The summed E-state index contributed by atoms with van der Waals surface area (Å²) in [6.45, 7) is 2.71. The van der Waals surface area contributed by atoms with E-state index in [4.69, 9.17) is 10.9 Å². The van der Waals surface area contributed by atoms with Gasteiger partial charge in [0.25, 0.3) is 0 Å². The second-order valence-electron chi connectivity index (χ2n) is 5.77. The molecule has 0 amide bonds. The van der Waals surface area contributed by atoms with Crippen LogP contribution >= 0.6 is 0 Å². The molecule has 1 aliphatic rings. The van der Waals surface area contributed by atoms with Gasteiger partial charge in [-0.05, 0) is 37.7 Å². The van der Waals surface area contributed by atoms with Gasteiger partial charge in [0.05, 0.1) is 5.56 Å². The van der Waals surface area contributed by atoms with Gasteiger partial charge in [-0.1, -0.05) is 30.6 Å². The standard InChI is InChI=1S/C16H24FN3O/c1-2-11-6-8-13(9-7-11)19-10-12-4-3-5-14(15(12)17)16(18)20-21/h3-5,11,13,19,21H,2,6-10H2,1H3,(H2,18,20). The van der Waals surface area contributed by atoms with E-state index >= 15 is 0 Å². The van der Waals surface area contributed by atoms with E-state index in [2.05, 4.69) is 17.4 Å². The van der Waals surface area contributed by atoms with Crippen molar-refractivity contribution in [3.63, 3.8) is 0 Å². The van der Waals surface area contributed by atoms with Crippen LogP contribution in [0.2, 0.25) is 0 Å². The first kappa shape index (κ1) is 15.8. The predicted octanol–water partition coefficient (Wildman–Crippen LogP) is 2.98. The number of rotatable bonds is 5. The van der Waals surface area contributed by atoms with E-state index in [1.165, 1.54) is 25.3 Å². The largest absolute Gasteiger partial charge is 0.409 e. The molecule has 0 bridgehead atoms. The van der Waals surface area contributed by atoms with Gasteiger partial charge in [-0.2, -0.15) is 0 Å². The molecule has 21 heavy (non-hydrogen) atoms. The smallest absolute Gasteiger partial charge is 0.173 e. The lowest BCUT2D eigenvalue weighted by atomic mass is 9.84. The summed E-state index contributed by atoms with van der Waals surface area (Å²) in [5.74, 6) is 0.240. The minimum atomic E-state index is -0.414. The summed E-state index contributed by atoms with van der Waals surface area (Å²) in [5.41, 5.74) is 6.17. The Morgan fingerprint density at radius 2 is 2.10 bits per heavy atom. The third kappa shape index (κ3) is 3.94. The van der Waals surface area contributed by atoms with Gasteiger partial charge in [-0.25, -0.2) is 4.39 Å². The number of amidine groups is 1. The average molecular weight is 293 g/mol. The Bertz CT molecular complexity index is 496. The van der Waals surface area contributed by atoms with Crippen molar-refractivity contribution in [2.75, 3.05) is 0 Å². The predicted molar refractivity (Wildman–Crippen MR) is 81.8 cm³/mol. The monoisotopic (exact) mass is 293 g/mol. The van der Waals surface area contributed by atoms with E-state index in [1.54, 1.807) is 12.1 Å². The van der Waals surface area contributed by atoms with Crippen LogP contribution in [0.3, 0.4) is 0 Å². The Kier molecular flexibility index (Phi) is 5.56. The summed E-state index contributed by atoms with van der Waals surface area (Å²) >= 11 is 0. The molecule has 2 rings (SSSR count). The Balaban J connectivity index is 1.95. The molecule has 1 aliphatic carbocycles. The maximum absolute atomic E-state index is 14.3. The number of nitrogens with zero attached hydrogens (tertiary/aromatic N) is 1. The fraction of sp³-hybridized carbons (Fsp3) is 0.562. The minimum absolute atomic E-state index is 0.145. The first-order valence-electron chi connectivity index (χ1n) is 7.64. The van der Waals surface area contributed by atoms with Crippen molar-refractivity contribution in [1.29, 1.82) is 0 Å². The summed E-state index contributed by atoms with van der Waals surface area (Å²) in [6.07, 6.45) is 6.06. The number of oxime groups is 1. The molecule has 0 saturated heterocycles. The van der Waals surface area contributed by atoms with Crippen molar-refractivity contribution < 1.29 is 9.60 Å². The number of benzene rings is 1. The van der Waals surface area contributed by atoms with Crippen molar-refractivity contribution in [3.05, 3.63) is 35.1 Å². The maximum atomic E-state index is 14.3. The number of nitrogens with one attached hydrogen (secondary N) is 1. The SMILES string of the molecule is CCC1CCC(NCc2cccc(/C(N)=N/O)c2F)CC1. The van der Waals surface area contributed by atoms with Crippen molar-refractivity contribution in [2.24, 2.45) is 16.8 Å². The lowest BCUT2D eigenvalue weighted by molar-refractivity contribution is 0.284. The van der Waals surface area contributed by atoms with Crippen LogP contribution < -0.4 is 11.1 Å². The van der Waals surface area contributed by atoms with Crippen molar-refractivity contribution in [2.45, 2.75) is 51.6 Å². The average Bonchev–Trinajstić information content (AvgIpc) is 2.53. The molecule has 0 aromatic heterocycles. The zero-order chi connectivity index (χ0) is 15.2. The van der Waals surface area contributed by atoms with Gasteiger partial charge < -0.3 is 16.3 Å². The number of halogens is 1. The van der Waals surface area contributed by atoms with Gasteiger partial charge in [0, 0.05) is 18.2 Å². The summed E-state index contributed by atoms with van der Waals surface area (Å²) < 4.78 is 14.3. The molecule has 4 N–H and O–H groups in total. The van der Waals surface area contributed by atoms with E-state index in [-0.39, 0.29) is 11.4 Å². The van der Waals surface area contributed by atoms with Gasteiger partial charge in [0.2, 0.25) is 0 Å². The first-order chi connectivity index (χ1) is 10.2. The van der Waals surface area contributed by atoms with Gasteiger partial charge in [0.15, 0.2) is 5.84 Å². The fourth-order valence-electron chi connectivity index (χ4n) is 3.00. The fourth-order valence-corrected chi connectivity index (χ4v) is 3.00. The Labute approximate surface area is 125 Å². The zero-order valence-corrected chi connectivity index (χ0v) is 12.5. The van der Waals surface area contributed by atoms with Crippen molar-refractivity contribution in [1.82, 2.24) is 5.32 Å². The van der Waals surface area contributed by atoms with Gasteiger partial charge in [-0.3, -0.25) is 0 Å². The van der Waals surface area contributed by atoms with E-state index < -0.39 is 5.82 Å². The molecular weight excluding hydrogens is 269 g/mol. The molecule has 0 atom stereocenters. The second kappa shape index (κ2) is 7.41. The molecular formula is C16H24FN3O. The minimum Gasteiger partial charge on any atom is -0.409 e. The molecule has 0 spiro atoms. The van der Waals surface area contributed by atoms with Crippen LogP contribution in [0.1, 0.15) is 50.2 Å². The molecule has 0 heterocycles. The third-order valence-electron chi connectivity index (χ3n) is 4.47. The van der Waals surface area contributed by atoms with Crippen LogP contribution in [-0.4, -0.2) is 17.1 Å². The molecule has 0 radical (unpaired) electrons. The number of hydrogen-bond donors (Lipinski definition) is 3. The highest BCUT2D eigenvalue weighted by Gasteiger charge is 2.20. The van der Waals surface area contributed by atoms with E-state index in [0.717, 1.165) is 18.8 Å². The molecule has 116 valence electrons. The molecule has 1 saturated carbocycles. The van der Waals surface area contributed by atoms with Crippen LogP contribution in [0.15, 0.2) is 23.4 Å². The second-order valence-corrected chi connectivity index (χ2v) is 5.77. The first-order valence-corrected chi connectivity index (χ1v) is 7.64. The van der Waals surface area contributed by atoms with E-state index in [0.29, 0.717) is 18.2 Å². The van der Waals surface area contributed by atoms with Crippen LogP contribution in [0.5, 0.6) is 0 Å². The van der Waals surface area contributed by atoms with Gasteiger partial charge in [0.1, 0.15) is 5.82 Å². The van der Waals surface area contributed by atoms with Gasteiger partial charge in [-0.15, -0.1) is 0 Å². The molecule has 0 unspecified atom stereocenters. The molecule has 5 heteroatoms. The number of nitrogens with two attached hydrogens (primary N) is 1. The highest BCUT2D eigenvalue weighted by Crippen LogP contribution is 2.26. The zero-order valence-electron chi connectivity index (χ0n) is 12.5. The molecule has 0 aliphatic heterocycles. The summed E-state index contributed by atoms with van der Waals surface area (Å²) in [5, 5.41) is 15.0. The quantitative estimate of drug-likeness (QED) is 0.338. The van der Waals surface area contributed by atoms with Crippen LogP contribution in [-0.2, 0) is 6.54 Å². The highest BCUT2D eigenvalue weighted by atomic mass is 19.1. The molecule has 1 aromatic carbocycles. The van der Waals surface area contributed by atoms with E-state index in [1.807, 2.05) is 0 Å². The number of hydrogen-bond acceptors (Lipinski definition) is 3. The third-order valence-corrected chi connectivity index (χ3v) is 4.47. The highest BCUT2D eigenvalue weighted by molar-refractivity contribution is 5.97. The van der Waals surface area contributed by atoms with Crippen LogP contribution in [0.25, 0.3) is 0 Å². The van der Waals surface area contributed by atoms with E-state index in [9.17, 15) is 4.39 Å². The summed E-state index contributed by atoms with van der Waals surface area (Å²) in [6, 6.07) is 5.43. The topological polar surface area (TPSA) is 70.6 Å². The van der Waals surface area contributed by atoms with Crippen LogP contribution in [0.4, 0.5) is 4.39 Å². The molecule has 1 aromatic rings. The molecule has 4 nitrogen and oxygen atoms in total. The van der Waals surface area contributed by atoms with Crippen LogP contribution in [0, 0.1) is 11.7 Å². The summed E-state index contributed by atoms with van der Waals surface area (Å²) in [4.78, 5) is 0. The Morgan fingerprint density at radius 3 is 2.71 bits per heavy atom. The summed E-state index contributed by atoms with van der Waals surface area (Å²) in [7, 11) is 0. The Hall–Kier alpha value is -1.62. The Morgan fingerprint density at radius 1 is 1.38 bits per heavy atom. The lowest BCUT2D eigenvalue weighted by Crippen LogP contribution is -2.33. The normalized spacial score (nSPS) is 23.2. The maximum Gasteiger partial charge on any atom is 0.173 e. The van der Waals surface area contributed by atoms with Gasteiger partial charge >= 0.3 is 0 Å². The lowest BCUT2D eigenvalue weighted by Gasteiger charge is -2.28.